The number of likely N-dealkylation sites (N-methyl/N-ethyl adjacent to an activating group) is 1. The number of fused-ring (bicyclic) bond motifs is 2. The first-order chi connectivity index (χ1) is 11.3. The van der Waals surface area contributed by atoms with Gasteiger partial charge in [-0.1, -0.05) is 31.9 Å². The van der Waals surface area contributed by atoms with E-state index in [-0.39, 0.29) is 5.91 Å². The highest BCUT2D eigenvalue weighted by Crippen LogP contribution is 2.52. The van der Waals surface area contributed by atoms with Gasteiger partial charge in [-0.05, 0) is 42.0 Å². The molecule has 122 valence electrons. The molecule has 2 N–H and O–H groups in total. The lowest BCUT2D eigenvalue weighted by Crippen LogP contribution is -2.45. The fraction of sp³-hybridized carbons (Fsp3) is 0.176. The molecule has 0 bridgehead atoms. The second-order valence-corrected chi connectivity index (χ2v) is 7.78. The molecule has 5 nitrogen and oxygen atoms in total. The minimum absolute atomic E-state index is 0.389. The van der Waals surface area contributed by atoms with E-state index in [1.807, 2.05) is 0 Å². The van der Waals surface area contributed by atoms with Crippen LogP contribution < -0.4 is 10.2 Å². The zero-order valence-electron chi connectivity index (χ0n) is 12.5. The average molecular weight is 452 g/mol. The number of carbonyl (C=O) groups excluding carboxylic acids is 2. The first kappa shape index (κ1) is 15.8. The van der Waals surface area contributed by atoms with Crippen molar-refractivity contribution in [2.75, 3.05) is 17.3 Å². The third kappa shape index (κ3) is 1.95. The first-order valence-electron chi connectivity index (χ1n) is 7.25. The van der Waals surface area contributed by atoms with E-state index < -0.39 is 17.4 Å². The van der Waals surface area contributed by atoms with E-state index in [2.05, 4.69) is 37.2 Å². The van der Waals surface area contributed by atoms with E-state index in [9.17, 15) is 14.7 Å². The number of aliphatic hydroxyl groups is 1. The van der Waals surface area contributed by atoms with E-state index in [4.69, 9.17) is 0 Å². The number of rotatable bonds is 1. The average Bonchev–Trinajstić information content (AvgIpc) is 2.96. The summed E-state index contributed by atoms with van der Waals surface area (Å²) in [4.78, 5) is 26.9. The number of halogens is 2. The van der Waals surface area contributed by atoms with Gasteiger partial charge in [-0.25, -0.2) is 0 Å². The van der Waals surface area contributed by atoms with Crippen LogP contribution >= 0.6 is 31.9 Å². The molecule has 0 saturated heterocycles. The molecular weight excluding hydrogens is 440 g/mol. The Morgan fingerprint density at radius 3 is 2.54 bits per heavy atom. The minimum atomic E-state index is -1.94. The van der Waals surface area contributed by atoms with E-state index in [0.29, 0.717) is 22.5 Å². The van der Waals surface area contributed by atoms with Crippen LogP contribution in [0.1, 0.15) is 17.0 Å². The van der Waals surface area contributed by atoms with E-state index >= 15 is 0 Å². The minimum Gasteiger partial charge on any atom is -0.374 e. The standard InChI is InChI=1S/C17H12Br2N2O3/c1-21-13-5-3-9(19)7-11(13)17(24,16(21)23)14-10-6-8(18)2-4-12(10)20-15(14)22/h2-7,14,24H,1H3,(H,20,22). The highest BCUT2D eigenvalue weighted by molar-refractivity contribution is 9.10. The summed E-state index contributed by atoms with van der Waals surface area (Å²) in [5.41, 5.74) is 0.301. The number of hydrogen-bond acceptors (Lipinski definition) is 3. The molecule has 2 aromatic carbocycles. The summed E-state index contributed by atoms with van der Waals surface area (Å²) in [5.74, 6) is -1.90. The van der Waals surface area contributed by atoms with Gasteiger partial charge in [-0.3, -0.25) is 9.59 Å². The lowest BCUT2D eigenvalue weighted by molar-refractivity contribution is -0.143. The maximum Gasteiger partial charge on any atom is 0.264 e. The molecule has 2 aliphatic rings. The fourth-order valence-corrected chi connectivity index (χ4v) is 4.25. The molecule has 2 aromatic rings. The Bertz CT molecular complexity index is 915. The van der Waals surface area contributed by atoms with Crippen LogP contribution in [0.2, 0.25) is 0 Å². The van der Waals surface area contributed by atoms with Gasteiger partial charge in [0, 0.05) is 27.2 Å². The Morgan fingerprint density at radius 1 is 1.12 bits per heavy atom. The molecule has 0 aromatic heterocycles. The lowest BCUT2D eigenvalue weighted by Gasteiger charge is -2.27. The molecule has 2 heterocycles. The molecule has 2 unspecified atom stereocenters. The molecule has 0 aliphatic carbocycles. The first-order valence-corrected chi connectivity index (χ1v) is 8.83. The predicted molar refractivity (Wildman–Crippen MR) is 97.0 cm³/mol. The van der Waals surface area contributed by atoms with Crippen molar-refractivity contribution < 1.29 is 14.7 Å². The Balaban J connectivity index is 1.97. The van der Waals surface area contributed by atoms with E-state index in [1.165, 1.54) is 4.90 Å². The summed E-state index contributed by atoms with van der Waals surface area (Å²) in [6.07, 6.45) is 0. The molecule has 2 aliphatic heterocycles. The largest absolute Gasteiger partial charge is 0.374 e. The van der Waals surface area contributed by atoms with Crippen LogP contribution in [-0.4, -0.2) is 24.0 Å². The summed E-state index contributed by atoms with van der Waals surface area (Å²) in [7, 11) is 1.60. The topological polar surface area (TPSA) is 69.6 Å². The summed E-state index contributed by atoms with van der Waals surface area (Å²) in [6, 6.07) is 10.6. The fourth-order valence-electron chi connectivity index (χ4n) is 3.51. The van der Waals surface area contributed by atoms with Gasteiger partial charge in [0.2, 0.25) is 5.91 Å². The van der Waals surface area contributed by atoms with Gasteiger partial charge in [0.1, 0.15) is 5.92 Å². The van der Waals surface area contributed by atoms with Crippen LogP contribution in [0, 0.1) is 0 Å². The third-order valence-electron chi connectivity index (χ3n) is 4.62. The zero-order valence-corrected chi connectivity index (χ0v) is 15.7. The Kier molecular flexibility index (Phi) is 3.39. The summed E-state index contributed by atoms with van der Waals surface area (Å²) >= 11 is 6.76. The SMILES string of the molecule is CN1C(=O)C(O)(C2C(=O)Nc3ccc(Br)cc32)c2cc(Br)ccc21. The summed E-state index contributed by atoms with van der Waals surface area (Å²) in [6.45, 7) is 0. The number of carbonyl (C=O) groups is 2. The van der Waals surface area contributed by atoms with E-state index in [1.54, 1.807) is 43.4 Å². The lowest BCUT2D eigenvalue weighted by atomic mass is 9.78. The Hall–Kier alpha value is -1.70. The maximum atomic E-state index is 12.9. The summed E-state index contributed by atoms with van der Waals surface area (Å²) in [5, 5.41) is 14.2. The van der Waals surface area contributed by atoms with Crippen LogP contribution in [0.15, 0.2) is 45.3 Å². The second-order valence-electron chi connectivity index (χ2n) is 5.95. The van der Waals surface area contributed by atoms with Crippen molar-refractivity contribution in [1.29, 1.82) is 0 Å². The number of hydrogen-bond donors (Lipinski definition) is 2. The molecular formula is C17H12Br2N2O3. The van der Waals surface area contributed by atoms with Gasteiger partial charge in [-0.2, -0.15) is 0 Å². The molecule has 4 rings (SSSR count). The smallest absolute Gasteiger partial charge is 0.264 e. The molecule has 0 spiro atoms. The van der Waals surface area contributed by atoms with Crippen LogP contribution in [0.5, 0.6) is 0 Å². The Morgan fingerprint density at radius 2 is 1.79 bits per heavy atom. The van der Waals surface area contributed by atoms with Crippen molar-refractivity contribution >= 4 is 55.0 Å². The molecule has 0 saturated carbocycles. The molecule has 0 fully saturated rings. The number of benzene rings is 2. The van der Waals surface area contributed by atoms with Crippen LogP contribution in [0.4, 0.5) is 11.4 Å². The van der Waals surface area contributed by atoms with Crippen molar-refractivity contribution in [2.45, 2.75) is 11.5 Å². The molecule has 24 heavy (non-hydrogen) atoms. The number of anilines is 2. The highest BCUT2D eigenvalue weighted by Gasteiger charge is 2.59. The molecule has 2 amide bonds. The Labute approximate surface area is 154 Å². The van der Waals surface area contributed by atoms with Crippen molar-refractivity contribution in [3.8, 4) is 0 Å². The van der Waals surface area contributed by atoms with Gasteiger partial charge in [0.25, 0.3) is 5.91 Å². The van der Waals surface area contributed by atoms with Crippen molar-refractivity contribution in [3.63, 3.8) is 0 Å². The van der Waals surface area contributed by atoms with Crippen LogP contribution in [0.3, 0.4) is 0 Å². The van der Waals surface area contributed by atoms with Crippen molar-refractivity contribution in [3.05, 3.63) is 56.5 Å². The summed E-state index contributed by atoms with van der Waals surface area (Å²) < 4.78 is 1.51. The molecule has 0 radical (unpaired) electrons. The van der Waals surface area contributed by atoms with Crippen LogP contribution in [0.25, 0.3) is 0 Å². The van der Waals surface area contributed by atoms with E-state index in [0.717, 1.165) is 8.95 Å². The quantitative estimate of drug-likeness (QED) is 0.699. The van der Waals surface area contributed by atoms with Crippen molar-refractivity contribution in [1.82, 2.24) is 0 Å². The monoisotopic (exact) mass is 450 g/mol. The molecule has 7 heteroatoms. The molecule has 2 atom stereocenters. The van der Waals surface area contributed by atoms with Gasteiger partial charge in [-0.15, -0.1) is 0 Å². The highest BCUT2D eigenvalue weighted by atomic mass is 79.9. The predicted octanol–water partition coefficient (Wildman–Crippen LogP) is 3.11. The van der Waals surface area contributed by atoms with Gasteiger partial charge >= 0.3 is 0 Å². The van der Waals surface area contributed by atoms with Gasteiger partial charge < -0.3 is 15.3 Å². The number of nitrogens with zero attached hydrogens (tertiary/aromatic N) is 1. The second kappa shape index (κ2) is 5.15. The van der Waals surface area contributed by atoms with Gasteiger partial charge in [0.05, 0.1) is 5.69 Å². The maximum absolute atomic E-state index is 12.9. The zero-order chi connectivity index (χ0) is 17.2. The van der Waals surface area contributed by atoms with Gasteiger partial charge in [0.15, 0.2) is 5.60 Å². The van der Waals surface area contributed by atoms with Crippen molar-refractivity contribution in [2.24, 2.45) is 0 Å². The normalized spacial score (nSPS) is 24.8. The number of nitrogens with one attached hydrogen (secondary N) is 1. The third-order valence-corrected chi connectivity index (χ3v) is 5.61. The number of amides is 2. The van der Waals surface area contributed by atoms with Crippen LogP contribution in [-0.2, 0) is 15.2 Å².